The average molecular weight is 265 g/mol. The minimum Gasteiger partial charge on any atom is -0.344 e. The lowest BCUT2D eigenvalue weighted by Gasteiger charge is -2.45. The molecule has 0 bridgehead atoms. The molecule has 3 aliphatic rings. The SMILES string of the molecule is O=C1CC[C@@H](C(=O)N2CCCC3(CCCNC3)C2)N1. The predicted octanol–water partition coefficient (Wildman–Crippen LogP) is 0.257. The van der Waals surface area contributed by atoms with Crippen LogP contribution < -0.4 is 10.6 Å². The summed E-state index contributed by atoms with van der Waals surface area (Å²) in [6.07, 6.45) is 5.91. The molecule has 3 aliphatic heterocycles. The van der Waals surface area contributed by atoms with E-state index in [1.54, 1.807) is 0 Å². The van der Waals surface area contributed by atoms with Gasteiger partial charge in [-0.3, -0.25) is 9.59 Å². The van der Waals surface area contributed by atoms with Gasteiger partial charge in [0.2, 0.25) is 11.8 Å². The Morgan fingerprint density at radius 1 is 1.32 bits per heavy atom. The van der Waals surface area contributed by atoms with E-state index in [1.165, 1.54) is 19.3 Å². The maximum atomic E-state index is 12.5. The summed E-state index contributed by atoms with van der Waals surface area (Å²) in [5, 5.41) is 6.27. The zero-order chi connectivity index (χ0) is 13.3. The first-order chi connectivity index (χ1) is 9.19. The van der Waals surface area contributed by atoms with E-state index >= 15 is 0 Å². The van der Waals surface area contributed by atoms with Crippen LogP contribution in [0, 0.1) is 5.41 Å². The molecule has 19 heavy (non-hydrogen) atoms. The molecule has 1 unspecified atom stereocenters. The molecule has 3 rings (SSSR count). The molecular weight excluding hydrogens is 242 g/mol. The second kappa shape index (κ2) is 5.12. The van der Waals surface area contributed by atoms with E-state index in [9.17, 15) is 9.59 Å². The Morgan fingerprint density at radius 2 is 2.16 bits per heavy atom. The molecule has 3 fully saturated rings. The van der Waals surface area contributed by atoms with Gasteiger partial charge in [0.15, 0.2) is 0 Å². The normalized spacial score (nSPS) is 35.5. The van der Waals surface area contributed by atoms with Crippen LogP contribution in [0.15, 0.2) is 0 Å². The molecular formula is C14H23N3O2. The van der Waals surface area contributed by atoms with Gasteiger partial charge in [0.05, 0.1) is 0 Å². The van der Waals surface area contributed by atoms with E-state index in [1.807, 2.05) is 4.90 Å². The first-order valence-corrected chi connectivity index (χ1v) is 7.47. The van der Waals surface area contributed by atoms with Crippen LogP contribution in [0.5, 0.6) is 0 Å². The van der Waals surface area contributed by atoms with Gasteiger partial charge in [-0.15, -0.1) is 0 Å². The molecule has 2 amide bonds. The van der Waals surface area contributed by atoms with E-state index < -0.39 is 0 Å². The fourth-order valence-electron chi connectivity index (χ4n) is 3.79. The summed E-state index contributed by atoms with van der Waals surface area (Å²) in [6, 6.07) is -0.265. The minimum absolute atomic E-state index is 0.0180. The Kier molecular flexibility index (Phi) is 3.48. The van der Waals surface area contributed by atoms with Crippen molar-refractivity contribution in [2.24, 2.45) is 5.41 Å². The molecule has 0 radical (unpaired) electrons. The molecule has 2 N–H and O–H groups in total. The van der Waals surface area contributed by atoms with Crippen molar-refractivity contribution in [1.29, 1.82) is 0 Å². The summed E-state index contributed by atoms with van der Waals surface area (Å²) in [4.78, 5) is 25.7. The van der Waals surface area contributed by atoms with E-state index in [0.29, 0.717) is 12.8 Å². The molecule has 5 heteroatoms. The maximum absolute atomic E-state index is 12.5. The van der Waals surface area contributed by atoms with Gasteiger partial charge >= 0.3 is 0 Å². The molecule has 1 spiro atoms. The van der Waals surface area contributed by atoms with E-state index in [-0.39, 0.29) is 23.3 Å². The van der Waals surface area contributed by atoms with E-state index in [4.69, 9.17) is 0 Å². The van der Waals surface area contributed by atoms with Crippen molar-refractivity contribution in [1.82, 2.24) is 15.5 Å². The van der Waals surface area contributed by atoms with Crippen LogP contribution in [0.25, 0.3) is 0 Å². The van der Waals surface area contributed by atoms with Crippen LogP contribution in [0.1, 0.15) is 38.5 Å². The number of carbonyl (C=O) groups is 2. The van der Waals surface area contributed by atoms with Gasteiger partial charge in [-0.1, -0.05) is 0 Å². The molecule has 0 saturated carbocycles. The second-order valence-corrected chi connectivity index (χ2v) is 6.30. The van der Waals surface area contributed by atoms with Crippen molar-refractivity contribution in [3.05, 3.63) is 0 Å². The lowest BCUT2D eigenvalue weighted by molar-refractivity contribution is -0.138. The maximum Gasteiger partial charge on any atom is 0.245 e. The smallest absolute Gasteiger partial charge is 0.245 e. The number of nitrogens with zero attached hydrogens (tertiary/aromatic N) is 1. The van der Waals surface area contributed by atoms with Crippen molar-refractivity contribution in [3.8, 4) is 0 Å². The van der Waals surface area contributed by atoms with Crippen molar-refractivity contribution >= 4 is 11.8 Å². The van der Waals surface area contributed by atoms with Crippen LogP contribution >= 0.6 is 0 Å². The van der Waals surface area contributed by atoms with Gasteiger partial charge in [0.25, 0.3) is 0 Å². The molecule has 5 nitrogen and oxygen atoms in total. The highest BCUT2D eigenvalue weighted by Gasteiger charge is 2.40. The van der Waals surface area contributed by atoms with Gasteiger partial charge in [0, 0.05) is 31.5 Å². The largest absolute Gasteiger partial charge is 0.344 e. The Morgan fingerprint density at radius 3 is 2.84 bits per heavy atom. The monoisotopic (exact) mass is 265 g/mol. The number of nitrogens with one attached hydrogen (secondary N) is 2. The average Bonchev–Trinajstić information content (AvgIpc) is 2.85. The van der Waals surface area contributed by atoms with Crippen molar-refractivity contribution in [2.75, 3.05) is 26.2 Å². The highest BCUT2D eigenvalue weighted by molar-refractivity contribution is 5.90. The molecule has 3 heterocycles. The third-order valence-electron chi connectivity index (χ3n) is 4.83. The zero-order valence-electron chi connectivity index (χ0n) is 11.4. The van der Waals surface area contributed by atoms with E-state index in [2.05, 4.69) is 10.6 Å². The number of hydrogen-bond acceptors (Lipinski definition) is 3. The number of rotatable bonds is 1. The van der Waals surface area contributed by atoms with Crippen molar-refractivity contribution in [3.63, 3.8) is 0 Å². The summed E-state index contributed by atoms with van der Waals surface area (Å²) >= 11 is 0. The quantitative estimate of drug-likeness (QED) is 0.715. The van der Waals surface area contributed by atoms with Crippen LogP contribution in [-0.2, 0) is 9.59 Å². The number of piperidine rings is 2. The molecule has 0 aromatic heterocycles. The fraction of sp³-hybridized carbons (Fsp3) is 0.857. The summed E-state index contributed by atoms with van der Waals surface area (Å²) in [5.41, 5.74) is 0.286. The molecule has 3 saturated heterocycles. The first kappa shape index (κ1) is 12.9. The van der Waals surface area contributed by atoms with Crippen molar-refractivity contribution < 1.29 is 9.59 Å². The number of likely N-dealkylation sites (tertiary alicyclic amines) is 1. The van der Waals surface area contributed by atoms with E-state index in [0.717, 1.165) is 32.6 Å². The second-order valence-electron chi connectivity index (χ2n) is 6.30. The molecule has 0 aliphatic carbocycles. The van der Waals surface area contributed by atoms with Gasteiger partial charge in [0.1, 0.15) is 6.04 Å². The van der Waals surface area contributed by atoms with Crippen LogP contribution in [0.2, 0.25) is 0 Å². The Labute approximate surface area is 114 Å². The Balaban J connectivity index is 1.64. The van der Waals surface area contributed by atoms with Crippen LogP contribution in [0.3, 0.4) is 0 Å². The molecule has 0 aromatic carbocycles. The Hall–Kier alpha value is -1.10. The number of hydrogen-bond donors (Lipinski definition) is 2. The third-order valence-corrected chi connectivity index (χ3v) is 4.83. The van der Waals surface area contributed by atoms with Gasteiger partial charge in [-0.25, -0.2) is 0 Å². The molecule has 0 aromatic rings. The number of amides is 2. The van der Waals surface area contributed by atoms with Gasteiger partial charge in [-0.05, 0) is 38.6 Å². The first-order valence-electron chi connectivity index (χ1n) is 7.47. The summed E-state index contributed by atoms with van der Waals surface area (Å²) < 4.78 is 0. The highest BCUT2D eigenvalue weighted by atomic mass is 16.2. The lowest BCUT2D eigenvalue weighted by Crippen LogP contribution is -2.55. The Bertz CT molecular complexity index is 371. The molecule has 106 valence electrons. The highest BCUT2D eigenvalue weighted by Crippen LogP contribution is 2.36. The van der Waals surface area contributed by atoms with Gasteiger partial charge in [-0.2, -0.15) is 0 Å². The van der Waals surface area contributed by atoms with Crippen LogP contribution in [0.4, 0.5) is 0 Å². The molecule has 2 atom stereocenters. The number of carbonyl (C=O) groups excluding carboxylic acids is 2. The predicted molar refractivity (Wildman–Crippen MR) is 71.5 cm³/mol. The minimum atomic E-state index is -0.265. The zero-order valence-corrected chi connectivity index (χ0v) is 11.4. The summed E-state index contributed by atoms with van der Waals surface area (Å²) in [6.45, 7) is 3.86. The van der Waals surface area contributed by atoms with Gasteiger partial charge < -0.3 is 15.5 Å². The summed E-state index contributed by atoms with van der Waals surface area (Å²) in [7, 11) is 0. The topological polar surface area (TPSA) is 61.4 Å². The fourth-order valence-corrected chi connectivity index (χ4v) is 3.79. The third kappa shape index (κ3) is 2.61. The summed E-state index contributed by atoms with van der Waals surface area (Å²) in [5.74, 6) is 0.153. The van der Waals surface area contributed by atoms with Crippen molar-refractivity contribution in [2.45, 2.75) is 44.6 Å². The van der Waals surface area contributed by atoms with Crippen LogP contribution in [-0.4, -0.2) is 48.9 Å². The standard InChI is InChI=1S/C14H23N3O2/c18-12-4-3-11(16-12)13(19)17-8-2-6-14(10-17)5-1-7-15-9-14/h11,15H,1-10H2,(H,16,18)/t11-,14?/m0/s1. The lowest BCUT2D eigenvalue weighted by atomic mass is 9.74.